The van der Waals surface area contributed by atoms with Crippen LogP contribution in [0.25, 0.3) is 11.0 Å². The molecule has 0 fully saturated rings. The van der Waals surface area contributed by atoms with Crippen molar-refractivity contribution in [3.63, 3.8) is 0 Å². The quantitative estimate of drug-likeness (QED) is 0.625. The first kappa shape index (κ1) is 15.8. The smallest absolute Gasteiger partial charge is 0.397 e. The number of pyridine rings is 1. The number of aromatic amines is 1. The molecule has 0 saturated carbocycles. The maximum Gasteiger partial charge on any atom is 0.431 e. The number of nitrogens with two attached hydrogens (primary N) is 1. The zero-order valence-corrected chi connectivity index (χ0v) is 11.9. The predicted octanol–water partition coefficient (Wildman–Crippen LogP) is 3.56. The number of nitrogens with one attached hydrogen (secondary N) is 2. The van der Waals surface area contributed by atoms with Crippen molar-refractivity contribution in [1.82, 2.24) is 9.97 Å². The second-order valence-electron chi connectivity index (χ2n) is 4.99. The summed E-state index contributed by atoms with van der Waals surface area (Å²) in [6.45, 7) is 0. The number of amides is 1. The third kappa shape index (κ3) is 2.87. The fourth-order valence-electron chi connectivity index (χ4n) is 2.16. The Morgan fingerprint density at radius 1 is 1.21 bits per heavy atom. The molecular weight excluding hydrogens is 328 g/mol. The molecule has 0 saturated heterocycles. The number of carbonyl (C=O) groups is 1. The van der Waals surface area contributed by atoms with Crippen LogP contribution in [0.15, 0.2) is 36.5 Å². The van der Waals surface area contributed by atoms with Gasteiger partial charge in [-0.2, -0.15) is 13.2 Å². The largest absolute Gasteiger partial charge is 0.431 e. The van der Waals surface area contributed by atoms with Crippen molar-refractivity contribution in [1.29, 1.82) is 0 Å². The van der Waals surface area contributed by atoms with E-state index in [-0.39, 0.29) is 22.3 Å². The molecule has 5 nitrogen and oxygen atoms in total. The van der Waals surface area contributed by atoms with E-state index in [1.165, 1.54) is 12.1 Å². The highest BCUT2D eigenvalue weighted by Gasteiger charge is 2.33. The van der Waals surface area contributed by atoms with E-state index in [1.54, 1.807) is 0 Å². The summed E-state index contributed by atoms with van der Waals surface area (Å²) in [7, 11) is 0. The molecule has 24 heavy (non-hydrogen) atoms. The van der Waals surface area contributed by atoms with Gasteiger partial charge in [-0.1, -0.05) is 0 Å². The third-order valence-corrected chi connectivity index (χ3v) is 3.35. The Bertz CT molecular complexity index is 916. The van der Waals surface area contributed by atoms with Crippen molar-refractivity contribution in [2.75, 3.05) is 11.1 Å². The molecule has 0 aliphatic heterocycles. The molecule has 3 rings (SSSR count). The van der Waals surface area contributed by atoms with Crippen LogP contribution in [-0.4, -0.2) is 15.9 Å². The van der Waals surface area contributed by atoms with Crippen LogP contribution in [-0.2, 0) is 6.18 Å². The molecule has 0 aliphatic carbocycles. The van der Waals surface area contributed by atoms with Gasteiger partial charge in [0.25, 0.3) is 5.91 Å². The normalized spacial score (nSPS) is 11.7. The molecule has 3 aromatic rings. The van der Waals surface area contributed by atoms with Crippen molar-refractivity contribution in [3.8, 4) is 0 Å². The van der Waals surface area contributed by atoms with E-state index < -0.39 is 23.6 Å². The minimum atomic E-state index is -4.58. The average Bonchev–Trinajstić information content (AvgIpc) is 2.95. The number of fused-ring (bicyclic) bond motifs is 1. The Kier molecular flexibility index (Phi) is 3.63. The maximum atomic E-state index is 12.8. The lowest BCUT2D eigenvalue weighted by Gasteiger charge is -2.07. The Morgan fingerprint density at radius 3 is 2.50 bits per heavy atom. The minimum Gasteiger partial charge on any atom is -0.397 e. The molecule has 0 atom stereocenters. The van der Waals surface area contributed by atoms with Gasteiger partial charge in [-0.15, -0.1) is 0 Å². The van der Waals surface area contributed by atoms with Crippen LogP contribution >= 0.6 is 0 Å². The number of aromatic nitrogens is 2. The molecule has 9 heteroatoms. The Balaban J connectivity index is 1.95. The van der Waals surface area contributed by atoms with Gasteiger partial charge in [0, 0.05) is 17.3 Å². The van der Waals surface area contributed by atoms with Crippen molar-refractivity contribution < 1.29 is 22.4 Å². The molecule has 0 spiro atoms. The van der Waals surface area contributed by atoms with Crippen molar-refractivity contribution in [3.05, 3.63) is 53.6 Å². The highest BCUT2D eigenvalue weighted by molar-refractivity contribution is 6.11. The molecule has 4 N–H and O–H groups in total. The van der Waals surface area contributed by atoms with Gasteiger partial charge >= 0.3 is 6.18 Å². The number of anilines is 2. The van der Waals surface area contributed by atoms with E-state index in [0.29, 0.717) is 5.69 Å². The number of hydrogen-bond donors (Lipinski definition) is 3. The predicted molar refractivity (Wildman–Crippen MR) is 79.9 cm³/mol. The molecular formula is C15H10F4N4O. The van der Waals surface area contributed by atoms with E-state index in [9.17, 15) is 22.4 Å². The number of H-pyrrole nitrogens is 1. The van der Waals surface area contributed by atoms with Gasteiger partial charge in [-0.25, -0.2) is 9.37 Å². The fourth-order valence-corrected chi connectivity index (χ4v) is 2.16. The third-order valence-electron chi connectivity index (χ3n) is 3.35. The van der Waals surface area contributed by atoms with Crippen LogP contribution in [0.5, 0.6) is 0 Å². The van der Waals surface area contributed by atoms with E-state index in [1.807, 2.05) is 0 Å². The Hall–Kier alpha value is -3.10. The van der Waals surface area contributed by atoms with Gasteiger partial charge in [-0.3, -0.25) is 4.79 Å². The Labute approximate surface area is 132 Å². The standard InChI is InChI=1S/C15H10F4N4O/c16-7-1-3-8(4-2-7)22-14(24)10-6-21-13-9(12(10)20)5-11(23-13)15(17,18)19/h1-6H,(H,22,24)(H3,20,21,23). The summed E-state index contributed by atoms with van der Waals surface area (Å²) in [5.74, 6) is -1.13. The number of alkyl halides is 3. The van der Waals surface area contributed by atoms with Gasteiger partial charge < -0.3 is 16.0 Å². The second kappa shape index (κ2) is 5.52. The lowest BCUT2D eigenvalue weighted by molar-refractivity contribution is -0.140. The van der Waals surface area contributed by atoms with Gasteiger partial charge in [0.1, 0.15) is 17.2 Å². The highest BCUT2D eigenvalue weighted by Crippen LogP contribution is 2.33. The first-order valence-electron chi connectivity index (χ1n) is 6.67. The van der Waals surface area contributed by atoms with Crippen LogP contribution in [0.4, 0.5) is 28.9 Å². The average molecular weight is 338 g/mol. The van der Waals surface area contributed by atoms with Gasteiger partial charge in [0.15, 0.2) is 0 Å². The van der Waals surface area contributed by atoms with Crippen molar-refractivity contribution >= 4 is 28.3 Å². The molecule has 0 radical (unpaired) electrons. The molecule has 1 aromatic carbocycles. The number of hydrogen-bond acceptors (Lipinski definition) is 3. The first-order chi connectivity index (χ1) is 11.3. The van der Waals surface area contributed by atoms with Crippen LogP contribution in [0.3, 0.4) is 0 Å². The molecule has 2 heterocycles. The van der Waals surface area contributed by atoms with E-state index >= 15 is 0 Å². The molecule has 2 aromatic heterocycles. The summed E-state index contributed by atoms with van der Waals surface area (Å²) in [6.07, 6.45) is -3.50. The number of nitrogens with zero attached hydrogens (tertiary/aromatic N) is 1. The zero-order chi connectivity index (χ0) is 17.5. The summed E-state index contributed by atoms with van der Waals surface area (Å²) in [5.41, 5.74) is 4.82. The van der Waals surface area contributed by atoms with Crippen molar-refractivity contribution in [2.24, 2.45) is 0 Å². The van der Waals surface area contributed by atoms with E-state index in [2.05, 4.69) is 15.3 Å². The van der Waals surface area contributed by atoms with Gasteiger partial charge in [0.2, 0.25) is 0 Å². The van der Waals surface area contributed by atoms with Crippen LogP contribution in [0.2, 0.25) is 0 Å². The zero-order valence-electron chi connectivity index (χ0n) is 11.9. The second-order valence-corrected chi connectivity index (χ2v) is 4.99. The molecule has 1 amide bonds. The maximum absolute atomic E-state index is 12.8. The molecule has 0 aliphatic rings. The van der Waals surface area contributed by atoms with Crippen molar-refractivity contribution in [2.45, 2.75) is 6.18 Å². The number of rotatable bonds is 2. The lowest BCUT2D eigenvalue weighted by atomic mass is 10.1. The summed E-state index contributed by atoms with van der Waals surface area (Å²) >= 11 is 0. The number of benzene rings is 1. The number of halogens is 4. The minimum absolute atomic E-state index is 0.00548. The number of nitrogen functional groups attached to an aromatic ring is 1. The molecule has 0 unspecified atom stereocenters. The Morgan fingerprint density at radius 2 is 1.88 bits per heavy atom. The van der Waals surface area contributed by atoms with Gasteiger partial charge in [0.05, 0.1) is 11.3 Å². The van der Waals surface area contributed by atoms with Crippen LogP contribution in [0, 0.1) is 5.82 Å². The summed E-state index contributed by atoms with van der Waals surface area (Å²) in [4.78, 5) is 18.1. The highest BCUT2D eigenvalue weighted by atomic mass is 19.4. The topological polar surface area (TPSA) is 83.8 Å². The van der Waals surface area contributed by atoms with Crippen LogP contribution < -0.4 is 11.1 Å². The van der Waals surface area contributed by atoms with Crippen LogP contribution in [0.1, 0.15) is 16.1 Å². The summed E-state index contributed by atoms with van der Waals surface area (Å²) < 4.78 is 51.0. The number of carbonyl (C=O) groups excluding carboxylic acids is 1. The summed E-state index contributed by atoms with van der Waals surface area (Å²) in [5, 5.41) is 2.46. The monoisotopic (exact) mass is 338 g/mol. The summed E-state index contributed by atoms with van der Waals surface area (Å²) in [6, 6.07) is 5.79. The van der Waals surface area contributed by atoms with Gasteiger partial charge in [-0.05, 0) is 30.3 Å². The van der Waals surface area contributed by atoms with E-state index in [0.717, 1.165) is 24.4 Å². The van der Waals surface area contributed by atoms with E-state index in [4.69, 9.17) is 5.73 Å². The molecule has 0 bridgehead atoms. The SMILES string of the molecule is Nc1c(C(=O)Nc2ccc(F)cc2)cnc2[nH]c(C(F)(F)F)cc12. The molecule has 124 valence electrons. The fraction of sp³-hybridized carbons (Fsp3) is 0.0667. The lowest BCUT2D eigenvalue weighted by Crippen LogP contribution is -2.14. The first-order valence-corrected chi connectivity index (χ1v) is 6.67.